The first-order valence-corrected chi connectivity index (χ1v) is 9.99. The van der Waals surface area contributed by atoms with Gasteiger partial charge in [-0.05, 0) is 54.3 Å². The number of carbonyl (C=O) groups excluding carboxylic acids is 2. The summed E-state index contributed by atoms with van der Waals surface area (Å²) in [6.07, 6.45) is 3.45. The third kappa shape index (κ3) is 3.99. The van der Waals surface area contributed by atoms with Crippen LogP contribution < -0.4 is 0 Å². The molecule has 1 aliphatic rings. The van der Waals surface area contributed by atoms with E-state index in [1.165, 1.54) is 12.1 Å². The Morgan fingerprint density at radius 3 is 2.28 bits per heavy atom. The van der Waals surface area contributed by atoms with Gasteiger partial charge in [-0.2, -0.15) is 0 Å². The quantitative estimate of drug-likeness (QED) is 0.607. The number of esters is 1. The molecule has 2 aromatic carbocycles. The Kier molecular flexibility index (Phi) is 4.76. The molecule has 0 bridgehead atoms. The Morgan fingerprint density at radius 2 is 1.60 bits per heavy atom. The van der Waals surface area contributed by atoms with Crippen molar-refractivity contribution in [1.29, 1.82) is 0 Å². The molecule has 1 heterocycles. The van der Waals surface area contributed by atoms with Crippen LogP contribution in [0.4, 0.5) is 4.79 Å². The highest BCUT2D eigenvalue weighted by molar-refractivity contribution is 7.90. The lowest BCUT2D eigenvalue weighted by atomic mass is 10.1. The molecule has 0 aromatic heterocycles. The molecule has 7 heteroatoms. The molecule has 25 heavy (non-hydrogen) atoms. The normalized spacial score (nSPS) is 15.2. The molecular formula is C18H19NO5S. The Hall–Kier alpha value is -2.41. The topological polar surface area (TPSA) is 80.7 Å². The zero-order valence-corrected chi connectivity index (χ0v) is 14.7. The second-order valence-corrected chi connectivity index (χ2v) is 8.21. The van der Waals surface area contributed by atoms with E-state index in [9.17, 15) is 18.0 Å². The van der Waals surface area contributed by atoms with Gasteiger partial charge in [0.25, 0.3) is 0 Å². The number of nitrogens with zero attached hydrogens (tertiary/aromatic N) is 1. The molecule has 0 saturated carbocycles. The van der Waals surface area contributed by atoms with Gasteiger partial charge < -0.3 is 9.64 Å². The Bertz CT molecular complexity index is 930. The lowest BCUT2D eigenvalue weighted by Crippen LogP contribution is -2.37. The number of carbonyl (C=O) groups is 2. The minimum atomic E-state index is -3.29. The fourth-order valence-corrected chi connectivity index (χ4v) is 3.52. The fraction of sp³-hybridized carbons (Fsp3) is 0.333. The lowest BCUT2D eigenvalue weighted by molar-refractivity contribution is 0.0527. The van der Waals surface area contributed by atoms with Crippen LogP contribution in [0, 0.1) is 0 Å². The molecule has 0 radical (unpaired) electrons. The van der Waals surface area contributed by atoms with Crippen LogP contribution in [0.3, 0.4) is 0 Å². The molecular weight excluding hydrogens is 342 g/mol. The predicted molar refractivity (Wildman–Crippen MR) is 93.3 cm³/mol. The molecule has 1 amide bonds. The van der Waals surface area contributed by atoms with Crippen molar-refractivity contribution in [2.45, 2.75) is 24.2 Å². The van der Waals surface area contributed by atoms with Gasteiger partial charge in [-0.25, -0.2) is 18.0 Å². The van der Waals surface area contributed by atoms with Crippen LogP contribution in [0.15, 0.2) is 41.3 Å². The second kappa shape index (κ2) is 6.84. The average Bonchev–Trinajstić information content (AvgIpc) is 2.60. The van der Waals surface area contributed by atoms with E-state index in [0.29, 0.717) is 23.9 Å². The smallest absolute Gasteiger partial charge is 0.372 e. The summed E-state index contributed by atoms with van der Waals surface area (Å²) in [4.78, 5) is 26.0. The molecule has 0 N–H and O–H groups in total. The van der Waals surface area contributed by atoms with Gasteiger partial charge in [-0.1, -0.05) is 12.1 Å². The monoisotopic (exact) mass is 361 g/mol. The first-order chi connectivity index (χ1) is 11.8. The molecule has 1 fully saturated rings. The van der Waals surface area contributed by atoms with E-state index >= 15 is 0 Å². The van der Waals surface area contributed by atoms with Gasteiger partial charge in [0.15, 0.2) is 9.84 Å². The highest BCUT2D eigenvalue weighted by atomic mass is 32.2. The average molecular weight is 361 g/mol. The van der Waals surface area contributed by atoms with Crippen LogP contribution in [-0.4, -0.2) is 44.7 Å². The highest BCUT2D eigenvalue weighted by Gasteiger charge is 2.21. The van der Waals surface area contributed by atoms with E-state index in [-0.39, 0.29) is 10.5 Å². The number of ether oxygens (including phenoxy) is 1. The second-order valence-electron chi connectivity index (χ2n) is 6.20. The molecule has 0 spiro atoms. The number of fused-ring (bicyclic) bond motifs is 1. The minimum Gasteiger partial charge on any atom is -0.372 e. The standard InChI is InChI=1S/C18H19NO5S/c1-25(22,23)16-8-7-13-11-15(6-5-14(13)12-16)17(20)24-18(21)19-9-3-2-4-10-19/h5-8,11-12H,2-4,9-10H2,1H3. The number of hydrogen-bond acceptors (Lipinski definition) is 5. The molecule has 6 nitrogen and oxygen atoms in total. The number of sulfone groups is 1. The maximum atomic E-state index is 12.2. The van der Waals surface area contributed by atoms with Crippen molar-refractivity contribution in [2.24, 2.45) is 0 Å². The van der Waals surface area contributed by atoms with E-state index in [1.54, 1.807) is 29.2 Å². The van der Waals surface area contributed by atoms with Gasteiger partial charge in [0.05, 0.1) is 10.5 Å². The summed E-state index contributed by atoms with van der Waals surface area (Å²) in [5, 5.41) is 1.40. The van der Waals surface area contributed by atoms with Crippen LogP contribution in [0.5, 0.6) is 0 Å². The predicted octanol–water partition coefficient (Wildman–Crippen LogP) is 3.01. The Balaban J connectivity index is 1.79. The third-order valence-corrected chi connectivity index (χ3v) is 5.38. The first-order valence-electron chi connectivity index (χ1n) is 8.09. The van der Waals surface area contributed by atoms with Crippen LogP contribution in [0.25, 0.3) is 10.8 Å². The summed E-state index contributed by atoms with van der Waals surface area (Å²) < 4.78 is 28.2. The van der Waals surface area contributed by atoms with Crippen molar-refractivity contribution < 1.29 is 22.7 Å². The van der Waals surface area contributed by atoms with Gasteiger partial charge >= 0.3 is 12.1 Å². The van der Waals surface area contributed by atoms with Gasteiger partial charge in [0.1, 0.15) is 0 Å². The van der Waals surface area contributed by atoms with Crippen LogP contribution in [0.1, 0.15) is 29.6 Å². The molecule has 3 rings (SSSR count). The van der Waals surface area contributed by atoms with E-state index in [1.807, 2.05) is 0 Å². The maximum absolute atomic E-state index is 12.2. The molecule has 0 aliphatic carbocycles. The van der Waals surface area contributed by atoms with Gasteiger partial charge in [-0.3, -0.25) is 0 Å². The van der Waals surface area contributed by atoms with E-state index in [0.717, 1.165) is 25.5 Å². The minimum absolute atomic E-state index is 0.218. The van der Waals surface area contributed by atoms with Gasteiger partial charge in [0.2, 0.25) is 0 Å². The number of likely N-dealkylation sites (tertiary alicyclic amines) is 1. The van der Waals surface area contributed by atoms with E-state index in [4.69, 9.17) is 4.74 Å². The van der Waals surface area contributed by atoms with Crippen molar-refractivity contribution >= 4 is 32.7 Å². The summed E-state index contributed by atoms with van der Waals surface area (Å²) in [5.41, 5.74) is 0.255. The number of benzene rings is 2. The number of piperidine rings is 1. The van der Waals surface area contributed by atoms with Gasteiger partial charge in [0, 0.05) is 19.3 Å². The van der Waals surface area contributed by atoms with Crippen LogP contribution in [-0.2, 0) is 14.6 Å². The number of rotatable bonds is 2. The summed E-state index contributed by atoms with van der Waals surface area (Å²) >= 11 is 0. The molecule has 1 aliphatic heterocycles. The Labute approximate surface area is 146 Å². The number of hydrogen-bond donors (Lipinski definition) is 0. The molecule has 1 saturated heterocycles. The lowest BCUT2D eigenvalue weighted by Gasteiger charge is -2.25. The third-order valence-electron chi connectivity index (χ3n) is 4.27. The summed E-state index contributed by atoms with van der Waals surface area (Å²) in [7, 11) is -3.29. The zero-order valence-electron chi connectivity index (χ0n) is 13.9. The summed E-state index contributed by atoms with van der Waals surface area (Å²) in [6, 6.07) is 9.44. The Morgan fingerprint density at radius 1 is 0.960 bits per heavy atom. The van der Waals surface area contributed by atoms with Crippen LogP contribution >= 0.6 is 0 Å². The number of amides is 1. The van der Waals surface area contributed by atoms with Crippen molar-refractivity contribution in [3.63, 3.8) is 0 Å². The molecule has 0 unspecified atom stereocenters. The molecule has 2 aromatic rings. The summed E-state index contributed by atoms with van der Waals surface area (Å²) in [5.74, 6) is -0.704. The van der Waals surface area contributed by atoms with Crippen molar-refractivity contribution in [1.82, 2.24) is 4.90 Å². The van der Waals surface area contributed by atoms with Crippen molar-refractivity contribution in [2.75, 3.05) is 19.3 Å². The maximum Gasteiger partial charge on any atom is 0.417 e. The highest BCUT2D eigenvalue weighted by Crippen LogP contribution is 2.21. The van der Waals surface area contributed by atoms with Crippen molar-refractivity contribution in [3.05, 3.63) is 42.0 Å². The summed E-state index contributed by atoms with van der Waals surface area (Å²) in [6.45, 7) is 1.22. The van der Waals surface area contributed by atoms with E-state index in [2.05, 4.69) is 0 Å². The largest absolute Gasteiger partial charge is 0.417 e. The zero-order chi connectivity index (χ0) is 18.0. The van der Waals surface area contributed by atoms with Crippen LogP contribution in [0.2, 0.25) is 0 Å². The molecule has 0 atom stereocenters. The van der Waals surface area contributed by atoms with Crippen molar-refractivity contribution in [3.8, 4) is 0 Å². The van der Waals surface area contributed by atoms with Gasteiger partial charge in [-0.15, -0.1) is 0 Å². The van der Waals surface area contributed by atoms with E-state index < -0.39 is 21.9 Å². The molecule has 132 valence electrons. The SMILES string of the molecule is CS(=O)(=O)c1ccc2cc(C(=O)OC(=O)N3CCCCC3)ccc2c1. The fourth-order valence-electron chi connectivity index (χ4n) is 2.86. The first kappa shape index (κ1) is 17.4.